The number of hydrogen-bond donors (Lipinski definition) is 1. The summed E-state index contributed by atoms with van der Waals surface area (Å²) in [7, 11) is 0. The Kier molecular flexibility index (Phi) is 3.55. The van der Waals surface area contributed by atoms with Crippen LogP contribution in [0.2, 0.25) is 0 Å². The lowest BCUT2D eigenvalue weighted by molar-refractivity contribution is 0.162. The topological polar surface area (TPSA) is 38.0 Å². The molecule has 1 aromatic rings. The van der Waals surface area contributed by atoms with Crippen LogP contribution in [0.15, 0.2) is 12.4 Å². The van der Waals surface area contributed by atoms with Gasteiger partial charge in [0.1, 0.15) is 0 Å². The summed E-state index contributed by atoms with van der Waals surface area (Å²) in [5.74, 6) is 0. The molecule has 0 aliphatic rings. The van der Waals surface area contributed by atoms with Gasteiger partial charge >= 0.3 is 0 Å². The van der Waals surface area contributed by atoms with E-state index in [1.54, 1.807) is 0 Å². The SMILES string of the molecule is CC(C[C@H](C)O)n1cc(C(C)(C)C)cn1. The Morgan fingerprint density at radius 2 is 2.00 bits per heavy atom. The molecule has 0 radical (unpaired) electrons. The van der Waals surface area contributed by atoms with Crippen molar-refractivity contribution >= 4 is 0 Å². The average molecular weight is 210 g/mol. The van der Waals surface area contributed by atoms with Crippen molar-refractivity contribution in [1.82, 2.24) is 9.78 Å². The molecule has 0 spiro atoms. The first kappa shape index (κ1) is 12.2. The molecule has 1 heterocycles. The van der Waals surface area contributed by atoms with Gasteiger partial charge < -0.3 is 5.11 Å². The van der Waals surface area contributed by atoms with E-state index >= 15 is 0 Å². The van der Waals surface area contributed by atoms with E-state index in [0.29, 0.717) is 0 Å². The molecule has 0 saturated heterocycles. The summed E-state index contributed by atoms with van der Waals surface area (Å²) in [5.41, 5.74) is 1.38. The minimum atomic E-state index is -0.276. The quantitative estimate of drug-likeness (QED) is 0.832. The maximum atomic E-state index is 9.31. The number of rotatable bonds is 3. The zero-order chi connectivity index (χ0) is 11.6. The number of aliphatic hydroxyl groups is 1. The molecule has 1 unspecified atom stereocenters. The van der Waals surface area contributed by atoms with Gasteiger partial charge in [0.25, 0.3) is 0 Å². The number of hydrogen-bond acceptors (Lipinski definition) is 2. The number of aromatic nitrogens is 2. The predicted octanol–water partition coefficient (Wildman–Crippen LogP) is 2.51. The molecule has 0 aliphatic heterocycles. The van der Waals surface area contributed by atoms with Gasteiger partial charge in [-0.1, -0.05) is 20.8 Å². The molecular weight excluding hydrogens is 188 g/mol. The smallest absolute Gasteiger partial charge is 0.0532 e. The van der Waals surface area contributed by atoms with Crippen molar-refractivity contribution in [2.45, 2.75) is 58.6 Å². The lowest BCUT2D eigenvalue weighted by Gasteiger charge is -2.16. The summed E-state index contributed by atoms with van der Waals surface area (Å²) in [6.45, 7) is 10.4. The van der Waals surface area contributed by atoms with Gasteiger partial charge in [-0.3, -0.25) is 4.68 Å². The minimum Gasteiger partial charge on any atom is -0.393 e. The molecule has 0 aliphatic carbocycles. The second-order valence-electron chi connectivity index (χ2n) is 5.39. The van der Waals surface area contributed by atoms with Gasteiger partial charge in [-0.15, -0.1) is 0 Å². The van der Waals surface area contributed by atoms with Crippen molar-refractivity contribution in [2.75, 3.05) is 0 Å². The zero-order valence-corrected chi connectivity index (χ0v) is 10.4. The molecule has 1 aromatic heterocycles. The van der Waals surface area contributed by atoms with Crippen LogP contribution < -0.4 is 0 Å². The monoisotopic (exact) mass is 210 g/mol. The fourth-order valence-corrected chi connectivity index (χ4v) is 1.57. The van der Waals surface area contributed by atoms with Crippen molar-refractivity contribution in [3.63, 3.8) is 0 Å². The third-order valence-corrected chi connectivity index (χ3v) is 2.60. The van der Waals surface area contributed by atoms with Crippen LogP contribution in [0.25, 0.3) is 0 Å². The highest BCUT2D eigenvalue weighted by Gasteiger charge is 2.17. The molecule has 15 heavy (non-hydrogen) atoms. The molecule has 86 valence electrons. The highest BCUT2D eigenvalue weighted by Crippen LogP contribution is 2.23. The molecule has 2 atom stereocenters. The van der Waals surface area contributed by atoms with Crippen LogP contribution in [0.5, 0.6) is 0 Å². The molecule has 1 N–H and O–H groups in total. The van der Waals surface area contributed by atoms with E-state index in [9.17, 15) is 5.11 Å². The Labute approximate surface area is 92.1 Å². The van der Waals surface area contributed by atoms with E-state index in [-0.39, 0.29) is 17.6 Å². The third kappa shape index (κ3) is 3.34. The number of nitrogens with zero attached hydrogens (tertiary/aromatic N) is 2. The second-order valence-corrected chi connectivity index (χ2v) is 5.39. The maximum absolute atomic E-state index is 9.31. The summed E-state index contributed by atoms with van der Waals surface area (Å²) < 4.78 is 1.94. The van der Waals surface area contributed by atoms with Gasteiger partial charge in [-0.05, 0) is 31.2 Å². The molecule has 1 rings (SSSR count). The lowest BCUT2D eigenvalue weighted by atomic mass is 9.90. The summed E-state index contributed by atoms with van der Waals surface area (Å²) in [6, 6.07) is 0.251. The Hall–Kier alpha value is -0.830. The summed E-state index contributed by atoms with van der Waals surface area (Å²) in [4.78, 5) is 0. The second kappa shape index (κ2) is 4.35. The van der Waals surface area contributed by atoms with Gasteiger partial charge in [-0.25, -0.2) is 0 Å². The molecular formula is C12H22N2O. The van der Waals surface area contributed by atoms with Crippen molar-refractivity contribution in [2.24, 2.45) is 0 Å². The van der Waals surface area contributed by atoms with Crippen LogP contribution in [-0.4, -0.2) is 21.0 Å². The van der Waals surface area contributed by atoms with E-state index in [2.05, 4.69) is 39.0 Å². The lowest BCUT2D eigenvalue weighted by Crippen LogP contribution is -2.13. The molecule has 0 saturated carbocycles. The van der Waals surface area contributed by atoms with Crippen molar-refractivity contribution in [3.8, 4) is 0 Å². The first-order chi connectivity index (χ1) is 6.80. The summed E-state index contributed by atoms with van der Waals surface area (Å²) in [6.07, 6.45) is 4.46. The third-order valence-electron chi connectivity index (χ3n) is 2.60. The Morgan fingerprint density at radius 1 is 1.40 bits per heavy atom. The van der Waals surface area contributed by atoms with Crippen LogP contribution >= 0.6 is 0 Å². The van der Waals surface area contributed by atoms with Crippen molar-refractivity contribution in [1.29, 1.82) is 0 Å². The predicted molar refractivity (Wildman–Crippen MR) is 61.9 cm³/mol. The first-order valence-corrected chi connectivity index (χ1v) is 5.53. The van der Waals surface area contributed by atoms with Crippen LogP contribution in [0.3, 0.4) is 0 Å². The fourth-order valence-electron chi connectivity index (χ4n) is 1.57. The van der Waals surface area contributed by atoms with Crippen molar-refractivity contribution in [3.05, 3.63) is 18.0 Å². The van der Waals surface area contributed by atoms with E-state index < -0.39 is 0 Å². The van der Waals surface area contributed by atoms with Crippen LogP contribution in [-0.2, 0) is 5.41 Å². The van der Waals surface area contributed by atoms with E-state index in [0.717, 1.165) is 6.42 Å². The molecule has 3 heteroatoms. The summed E-state index contributed by atoms with van der Waals surface area (Å²) in [5, 5.41) is 13.7. The van der Waals surface area contributed by atoms with E-state index in [4.69, 9.17) is 0 Å². The Balaban J connectivity index is 2.76. The van der Waals surface area contributed by atoms with Gasteiger partial charge in [0.15, 0.2) is 0 Å². The normalized spacial score (nSPS) is 16.4. The van der Waals surface area contributed by atoms with E-state index in [1.165, 1.54) is 5.56 Å². The summed E-state index contributed by atoms with van der Waals surface area (Å²) >= 11 is 0. The van der Waals surface area contributed by atoms with Gasteiger partial charge in [0.2, 0.25) is 0 Å². The average Bonchev–Trinajstić information content (AvgIpc) is 2.48. The van der Waals surface area contributed by atoms with Crippen LogP contribution in [0.1, 0.15) is 52.6 Å². The molecule has 0 aromatic carbocycles. The fraction of sp³-hybridized carbons (Fsp3) is 0.750. The number of aliphatic hydroxyl groups excluding tert-OH is 1. The van der Waals surface area contributed by atoms with Gasteiger partial charge in [0.05, 0.1) is 18.3 Å². The molecule has 0 bridgehead atoms. The minimum absolute atomic E-state index is 0.142. The zero-order valence-electron chi connectivity index (χ0n) is 10.4. The maximum Gasteiger partial charge on any atom is 0.0532 e. The first-order valence-electron chi connectivity index (χ1n) is 5.53. The van der Waals surface area contributed by atoms with Crippen LogP contribution in [0.4, 0.5) is 0 Å². The molecule has 0 fully saturated rings. The van der Waals surface area contributed by atoms with Gasteiger partial charge in [-0.2, -0.15) is 5.10 Å². The largest absolute Gasteiger partial charge is 0.393 e. The Morgan fingerprint density at radius 3 is 2.40 bits per heavy atom. The van der Waals surface area contributed by atoms with Crippen molar-refractivity contribution < 1.29 is 5.11 Å². The standard InChI is InChI=1S/C12H22N2O/c1-9(6-10(2)15)14-8-11(7-13-14)12(3,4)5/h7-10,15H,6H2,1-5H3/t9?,10-/m0/s1. The van der Waals surface area contributed by atoms with E-state index in [1.807, 2.05) is 17.8 Å². The molecule has 0 amide bonds. The highest BCUT2D eigenvalue weighted by molar-refractivity contribution is 5.15. The van der Waals surface area contributed by atoms with Gasteiger partial charge in [0, 0.05) is 6.20 Å². The van der Waals surface area contributed by atoms with Crippen LogP contribution in [0, 0.1) is 0 Å². The Bertz CT molecular complexity index is 310. The molecule has 3 nitrogen and oxygen atoms in total. The highest BCUT2D eigenvalue weighted by atomic mass is 16.3.